The SMILES string of the molecule is CC(C)=C1[C@H]2CC[C@H]1[C@H](C(=O)Nc1cccc([N+](=O)[O-])c1)[C@H]2C(=O)O. The molecule has 2 saturated carbocycles. The maximum Gasteiger partial charge on any atom is 0.307 e. The molecule has 1 amide bonds. The highest BCUT2D eigenvalue weighted by atomic mass is 16.6. The lowest BCUT2D eigenvalue weighted by molar-refractivity contribution is -0.384. The van der Waals surface area contributed by atoms with Crippen LogP contribution in [0.15, 0.2) is 35.4 Å². The van der Waals surface area contributed by atoms with E-state index >= 15 is 0 Å². The lowest BCUT2D eigenvalue weighted by atomic mass is 9.78. The van der Waals surface area contributed by atoms with Crippen molar-refractivity contribution in [3.05, 3.63) is 45.5 Å². The van der Waals surface area contributed by atoms with Crippen LogP contribution in [-0.4, -0.2) is 21.9 Å². The average Bonchev–Trinajstić information content (AvgIpc) is 3.11. The summed E-state index contributed by atoms with van der Waals surface area (Å²) < 4.78 is 0. The summed E-state index contributed by atoms with van der Waals surface area (Å²) in [6.45, 7) is 3.92. The van der Waals surface area contributed by atoms with Crippen molar-refractivity contribution in [2.75, 3.05) is 5.32 Å². The van der Waals surface area contributed by atoms with E-state index in [1.807, 2.05) is 13.8 Å². The second kappa shape index (κ2) is 6.31. The smallest absolute Gasteiger partial charge is 0.307 e. The number of nitro groups is 1. The molecular weight excluding hydrogens is 324 g/mol. The Labute approximate surface area is 144 Å². The molecule has 0 heterocycles. The number of anilines is 1. The summed E-state index contributed by atoms with van der Waals surface area (Å²) in [5.41, 5.74) is 2.38. The molecule has 7 heteroatoms. The van der Waals surface area contributed by atoms with Crippen LogP contribution >= 0.6 is 0 Å². The van der Waals surface area contributed by atoms with Crippen molar-refractivity contribution in [3.8, 4) is 0 Å². The number of non-ortho nitro benzene ring substituents is 1. The van der Waals surface area contributed by atoms with Gasteiger partial charge in [0.05, 0.1) is 16.8 Å². The van der Waals surface area contributed by atoms with Gasteiger partial charge in [-0.05, 0) is 44.6 Å². The van der Waals surface area contributed by atoms with Gasteiger partial charge < -0.3 is 10.4 Å². The van der Waals surface area contributed by atoms with E-state index in [9.17, 15) is 24.8 Å². The molecule has 2 bridgehead atoms. The van der Waals surface area contributed by atoms with Gasteiger partial charge in [-0.3, -0.25) is 19.7 Å². The van der Waals surface area contributed by atoms with Gasteiger partial charge in [-0.2, -0.15) is 0 Å². The van der Waals surface area contributed by atoms with E-state index in [4.69, 9.17) is 0 Å². The summed E-state index contributed by atoms with van der Waals surface area (Å²) in [5, 5.41) is 23.2. The molecule has 0 saturated heterocycles. The third-order valence-electron chi connectivity index (χ3n) is 5.33. The highest BCUT2D eigenvalue weighted by Gasteiger charge is 2.57. The fourth-order valence-electron chi connectivity index (χ4n) is 4.53. The number of aliphatic carboxylic acids is 1. The van der Waals surface area contributed by atoms with Gasteiger partial charge in [0, 0.05) is 17.8 Å². The minimum absolute atomic E-state index is 0.0604. The Morgan fingerprint density at radius 1 is 1.20 bits per heavy atom. The molecule has 132 valence electrons. The number of carboxylic acid groups (broad SMARTS) is 1. The Morgan fingerprint density at radius 3 is 2.40 bits per heavy atom. The number of fused-ring (bicyclic) bond motifs is 2. The van der Waals surface area contributed by atoms with Gasteiger partial charge in [0.15, 0.2) is 0 Å². The number of allylic oxidation sites excluding steroid dienone is 2. The maximum atomic E-state index is 12.8. The van der Waals surface area contributed by atoms with Crippen molar-refractivity contribution < 1.29 is 19.6 Å². The second-order valence-corrected chi connectivity index (χ2v) is 6.93. The Hall–Kier alpha value is -2.70. The molecule has 3 rings (SSSR count). The van der Waals surface area contributed by atoms with Gasteiger partial charge in [-0.15, -0.1) is 0 Å². The summed E-state index contributed by atoms with van der Waals surface area (Å²) in [6, 6.07) is 5.68. The molecule has 0 aliphatic heterocycles. The molecule has 2 aliphatic rings. The summed E-state index contributed by atoms with van der Waals surface area (Å²) in [6.07, 6.45) is 1.60. The first-order chi connectivity index (χ1) is 11.8. The van der Waals surface area contributed by atoms with E-state index in [0.717, 1.165) is 24.0 Å². The van der Waals surface area contributed by atoms with Crippen LogP contribution in [0.4, 0.5) is 11.4 Å². The normalized spacial score (nSPS) is 27.2. The topological polar surface area (TPSA) is 110 Å². The van der Waals surface area contributed by atoms with E-state index in [1.54, 1.807) is 6.07 Å². The summed E-state index contributed by atoms with van der Waals surface area (Å²) in [4.78, 5) is 34.9. The fraction of sp³-hybridized carbons (Fsp3) is 0.444. The van der Waals surface area contributed by atoms with E-state index < -0.39 is 22.7 Å². The van der Waals surface area contributed by atoms with Crippen LogP contribution in [0.5, 0.6) is 0 Å². The summed E-state index contributed by atoms with van der Waals surface area (Å²) in [7, 11) is 0. The molecule has 1 aromatic carbocycles. The molecule has 0 radical (unpaired) electrons. The first-order valence-corrected chi connectivity index (χ1v) is 8.26. The molecule has 1 aromatic rings. The Morgan fingerprint density at radius 2 is 1.84 bits per heavy atom. The Bertz CT molecular complexity index is 781. The predicted octanol–water partition coefficient (Wildman–Crippen LogP) is 3.23. The average molecular weight is 344 g/mol. The van der Waals surface area contributed by atoms with Crippen molar-refractivity contribution in [1.29, 1.82) is 0 Å². The highest BCUT2D eigenvalue weighted by Crippen LogP contribution is 2.57. The van der Waals surface area contributed by atoms with Crippen LogP contribution in [-0.2, 0) is 9.59 Å². The van der Waals surface area contributed by atoms with Crippen molar-refractivity contribution in [2.45, 2.75) is 26.7 Å². The number of hydrogen-bond donors (Lipinski definition) is 2. The quantitative estimate of drug-likeness (QED) is 0.495. The number of carbonyl (C=O) groups is 2. The Kier molecular flexibility index (Phi) is 4.32. The molecule has 4 atom stereocenters. The minimum Gasteiger partial charge on any atom is -0.481 e. The number of amides is 1. The molecule has 0 spiro atoms. The molecular formula is C18H20N2O5. The van der Waals surface area contributed by atoms with E-state index in [1.165, 1.54) is 18.2 Å². The predicted molar refractivity (Wildman–Crippen MR) is 90.9 cm³/mol. The van der Waals surface area contributed by atoms with Crippen molar-refractivity contribution in [2.24, 2.45) is 23.7 Å². The van der Waals surface area contributed by atoms with Gasteiger partial charge in [-0.25, -0.2) is 0 Å². The largest absolute Gasteiger partial charge is 0.481 e. The molecule has 0 unspecified atom stereocenters. The number of nitrogens with zero attached hydrogens (tertiary/aromatic N) is 1. The van der Waals surface area contributed by atoms with Crippen LogP contribution in [0.25, 0.3) is 0 Å². The fourth-order valence-corrected chi connectivity index (χ4v) is 4.53. The molecule has 25 heavy (non-hydrogen) atoms. The zero-order valence-corrected chi connectivity index (χ0v) is 14.1. The molecule has 0 aromatic heterocycles. The van der Waals surface area contributed by atoms with Crippen LogP contribution in [0.1, 0.15) is 26.7 Å². The van der Waals surface area contributed by atoms with E-state index in [0.29, 0.717) is 5.69 Å². The lowest BCUT2D eigenvalue weighted by Gasteiger charge is -2.26. The minimum atomic E-state index is -0.954. The van der Waals surface area contributed by atoms with Gasteiger partial charge in [0.1, 0.15) is 0 Å². The number of carbonyl (C=O) groups excluding carboxylic acids is 1. The third kappa shape index (κ3) is 2.90. The monoisotopic (exact) mass is 344 g/mol. The molecule has 2 fully saturated rings. The van der Waals surface area contributed by atoms with Gasteiger partial charge in [0.2, 0.25) is 5.91 Å². The van der Waals surface area contributed by atoms with Crippen molar-refractivity contribution in [1.82, 2.24) is 0 Å². The number of rotatable bonds is 4. The van der Waals surface area contributed by atoms with Crippen LogP contribution in [0, 0.1) is 33.8 Å². The van der Waals surface area contributed by atoms with Crippen molar-refractivity contribution >= 4 is 23.3 Å². The molecule has 2 N–H and O–H groups in total. The first kappa shape index (κ1) is 17.1. The molecule has 7 nitrogen and oxygen atoms in total. The van der Waals surface area contributed by atoms with Gasteiger partial charge in [0.25, 0.3) is 5.69 Å². The van der Waals surface area contributed by atoms with E-state index in [-0.39, 0.29) is 23.4 Å². The second-order valence-electron chi connectivity index (χ2n) is 6.93. The lowest BCUT2D eigenvalue weighted by Crippen LogP contribution is -2.37. The number of benzene rings is 1. The van der Waals surface area contributed by atoms with Gasteiger partial charge in [-0.1, -0.05) is 17.2 Å². The van der Waals surface area contributed by atoms with Crippen LogP contribution in [0.3, 0.4) is 0 Å². The Balaban J connectivity index is 1.88. The van der Waals surface area contributed by atoms with Crippen LogP contribution in [0.2, 0.25) is 0 Å². The number of nitro benzene ring substituents is 1. The summed E-state index contributed by atoms with van der Waals surface area (Å²) >= 11 is 0. The number of carboxylic acids is 1. The standard InChI is InChI=1S/C18H20N2O5/c1-9(2)14-12-6-7-13(14)16(18(22)23)15(12)17(21)19-10-4-3-5-11(8-10)20(24)25/h3-5,8,12-13,15-16H,6-7H2,1-2H3,(H,19,21)(H,22,23)/t12-,13-,15+,16+/m1/s1. The molecule has 2 aliphatic carbocycles. The first-order valence-electron chi connectivity index (χ1n) is 8.26. The van der Waals surface area contributed by atoms with Crippen LogP contribution < -0.4 is 5.32 Å². The number of nitrogens with one attached hydrogen (secondary N) is 1. The van der Waals surface area contributed by atoms with Crippen molar-refractivity contribution in [3.63, 3.8) is 0 Å². The zero-order valence-electron chi connectivity index (χ0n) is 14.1. The van der Waals surface area contributed by atoms with Gasteiger partial charge >= 0.3 is 5.97 Å². The number of hydrogen-bond acceptors (Lipinski definition) is 4. The zero-order chi connectivity index (χ0) is 18.3. The highest BCUT2D eigenvalue weighted by molar-refractivity contribution is 5.97. The third-order valence-corrected chi connectivity index (χ3v) is 5.33. The maximum absolute atomic E-state index is 12.8. The van der Waals surface area contributed by atoms with E-state index in [2.05, 4.69) is 5.32 Å². The summed E-state index contributed by atoms with van der Waals surface area (Å²) in [5.74, 6) is -2.85.